The van der Waals surface area contributed by atoms with E-state index in [-0.39, 0.29) is 17.8 Å². The molecule has 0 radical (unpaired) electrons. The van der Waals surface area contributed by atoms with Gasteiger partial charge in [0.05, 0.1) is 18.6 Å². The van der Waals surface area contributed by atoms with Gasteiger partial charge >= 0.3 is 0 Å². The first-order valence-electron chi connectivity index (χ1n) is 6.66. The Labute approximate surface area is 117 Å². The van der Waals surface area contributed by atoms with E-state index in [2.05, 4.69) is 10.5 Å². The summed E-state index contributed by atoms with van der Waals surface area (Å²) in [4.78, 5) is 12.2. The summed E-state index contributed by atoms with van der Waals surface area (Å²) < 4.78 is 5.55. The van der Waals surface area contributed by atoms with Crippen molar-refractivity contribution in [3.63, 3.8) is 0 Å². The summed E-state index contributed by atoms with van der Waals surface area (Å²) in [6.07, 6.45) is 1.18. The second kappa shape index (κ2) is 6.27. The molecule has 0 fully saturated rings. The van der Waals surface area contributed by atoms with E-state index in [0.29, 0.717) is 19.4 Å². The van der Waals surface area contributed by atoms with Crippen molar-refractivity contribution in [1.82, 2.24) is 5.32 Å². The van der Waals surface area contributed by atoms with Crippen molar-refractivity contribution in [3.8, 4) is 5.75 Å². The molecule has 0 bridgehead atoms. The van der Waals surface area contributed by atoms with Crippen LogP contribution in [0.1, 0.15) is 31.4 Å². The third-order valence-electron chi connectivity index (χ3n) is 3.47. The van der Waals surface area contributed by atoms with E-state index < -0.39 is 5.92 Å². The predicted molar refractivity (Wildman–Crippen MR) is 74.6 cm³/mol. The molecule has 1 aromatic carbocycles. The molecular weight excluding hydrogens is 258 g/mol. The standard InChI is InChI=1S/C14H19N3O3/c1-2-9(13(15)17-19)14(18)16-11-7-8-20-12-6-4-3-5-10(11)12/h3-6,9,11,19H,2,7-8H2,1H3,(H2,15,17)(H,16,18). The van der Waals surface area contributed by atoms with Gasteiger partial charge in [-0.1, -0.05) is 30.3 Å². The van der Waals surface area contributed by atoms with E-state index in [4.69, 9.17) is 15.7 Å². The molecule has 2 unspecified atom stereocenters. The Morgan fingerprint density at radius 2 is 2.35 bits per heavy atom. The number of nitrogens with zero attached hydrogens (tertiary/aromatic N) is 1. The molecule has 0 saturated carbocycles. The van der Waals surface area contributed by atoms with Crippen molar-refractivity contribution in [3.05, 3.63) is 29.8 Å². The SMILES string of the molecule is CCC(C(=O)NC1CCOc2ccccc21)C(N)=NO. The van der Waals surface area contributed by atoms with Crippen molar-refractivity contribution in [2.45, 2.75) is 25.8 Å². The molecule has 0 saturated heterocycles. The number of carbonyl (C=O) groups excluding carboxylic acids is 1. The molecule has 4 N–H and O–H groups in total. The molecule has 108 valence electrons. The Kier molecular flexibility index (Phi) is 4.45. The molecule has 0 aliphatic carbocycles. The molecule has 6 heteroatoms. The molecule has 1 aliphatic heterocycles. The zero-order valence-electron chi connectivity index (χ0n) is 11.4. The highest BCUT2D eigenvalue weighted by molar-refractivity contribution is 6.02. The fourth-order valence-corrected chi connectivity index (χ4v) is 2.36. The average Bonchev–Trinajstić information content (AvgIpc) is 2.48. The van der Waals surface area contributed by atoms with Crippen molar-refractivity contribution in [1.29, 1.82) is 0 Å². The van der Waals surface area contributed by atoms with Crippen LogP contribution in [-0.2, 0) is 4.79 Å². The number of hydrogen-bond acceptors (Lipinski definition) is 4. The Morgan fingerprint density at radius 1 is 1.60 bits per heavy atom. The quantitative estimate of drug-likeness (QED) is 0.335. The summed E-state index contributed by atoms with van der Waals surface area (Å²) in [5.41, 5.74) is 6.50. The number of oxime groups is 1. The highest BCUT2D eigenvalue weighted by Gasteiger charge is 2.27. The van der Waals surface area contributed by atoms with Crippen LogP contribution in [0.2, 0.25) is 0 Å². The maximum Gasteiger partial charge on any atom is 0.231 e. The molecule has 0 aromatic heterocycles. The molecule has 0 spiro atoms. The summed E-state index contributed by atoms with van der Waals surface area (Å²) in [5, 5.41) is 14.6. The smallest absolute Gasteiger partial charge is 0.231 e. The Balaban J connectivity index is 2.13. The first-order valence-corrected chi connectivity index (χ1v) is 6.66. The van der Waals surface area contributed by atoms with E-state index in [0.717, 1.165) is 11.3 Å². The second-order valence-corrected chi connectivity index (χ2v) is 4.72. The van der Waals surface area contributed by atoms with Crippen LogP contribution in [0.5, 0.6) is 5.75 Å². The fraction of sp³-hybridized carbons (Fsp3) is 0.429. The van der Waals surface area contributed by atoms with Crippen LogP contribution in [-0.4, -0.2) is 23.6 Å². The number of hydrogen-bond donors (Lipinski definition) is 3. The van der Waals surface area contributed by atoms with Gasteiger partial charge in [0, 0.05) is 12.0 Å². The van der Waals surface area contributed by atoms with Gasteiger partial charge in [-0.3, -0.25) is 4.79 Å². The molecule has 1 aromatic rings. The number of fused-ring (bicyclic) bond motifs is 1. The van der Waals surface area contributed by atoms with Crippen LogP contribution in [0.4, 0.5) is 0 Å². The summed E-state index contributed by atoms with van der Waals surface area (Å²) >= 11 is 0. The molecule has 6 nitrogen and oxygen atoms in total. The van der Waals surface area contributed by atoms with Crippen LogP contribution in [0.15, 0.2) is 29.4 Å². The zero-order valence-corrected chi connectivity index (χ0v) is 11.4. The number of ether oxygens (including phenoxy) is 1. The van der Waals surface area contributed by atoms with Crippen LogP contribution in [0, 0.1) is 5.92 Å². The number of rotatable bonds is 4. The van der Waals surface area contributed by atoms with Crippen molar-refractivity contribution >= 4 is 11.7 Å². The van der Waals surface area contributed by atoms with Gasteiger partial charge in [0.25, 0.3) is 0 Å². The number of para-hydroxylation sites is 1. The monoisotopic (exact) mass is 277 g/mol. The first kappa shape index (κ1) is 14.2. The number of amidine groups is 1. The molecular formula is C14H19N3O3. The Bertz CT molecular complexity index is 516. The van der Waals surface area contributed by atoms with E-state index in [1.807, 2.05) is 31.2 Å². The van der Waals surface area contributed by atoms with Gasteiger partial charge in [-0.05, 0) is 12.5 Å². The first-order chi connectivity index (χ1) is 9.67. The van der Waals surface area contributed by atoms with Gasteiger partial charge in [0.2, 0.25) is 5.91 Å². The van der Waals surface area contributed by atoms with Gasteiger partial charge in [-0.15, -0.1) is 0 Å². The van der Waals surface area contributed by atoms with E-state index in [9.17, 15) is 4.79 Å². The number of amides is 1. The molecule has 2 atom stereocenters. The minimum Gasteiger partial charge on any atom is -0.493 e. The van der Waals surface area contributed by atoms with Gasteiger partial charge in [-0.25, -0.2) is 0 Å². The van der Waals surface area contributed by atoms with Crippen LogP contribution in [0.25, 0.3) is 0 Å². The number of benzene rings is 1. The van der Waals surface area contributed by atoms with Crippen LogP contribution >= 0.6 is 0 Å². The fourth-order valence-electron chi connectivity index (χ4n) is 2.36. The number of carbonyl (C=O) groups is 1. The third-order valence-corrected chi connectivity index (χ3v) is 3.47. The lowest BCUT2D eigenvalue weighted by Gasteiger charge is -2.27. The number of nitrogens with one attached hydrogen (secondary N) is 1. The van der Waals surface area contributed by atoms with E-state index >= 15 is 0 Å². The summed E-state index contributed by atoms with van der Waals surface area (Å²) in [6, 6.07) is 7.52. The van der Waals surface area contributed by atoms with Gasteiger partial charge < -0.3 is 21.0 Å². The van der Waals surface area contributed by atoms with Crippen molar-refractivity contribution < 1.29 is 14.7 Å². The number of nitrogens with two attached hydrogens (primary N) is 1. The Morgan fingerprint density at radius 3 is 3.05 bits per heavy atom. The van der Waals surface area contributed by atoms with Crippen LogP contribution in [0.3, 0.4) is 0 Å². The third kappa shape index (κ3) is 2.84. The maximum absolute atomic E-state index is 12.2. The minimum atomic E-state index is -0.616. The highest BCUT2D eigenvalue weighted by Crippen LogP contribution is 2.31. The average molecular weight is 277 g/mol. The lowest BCUT2D eigenvalue weighted by Crippen LogP contribution is -2.41. The summed E-state index contributed by atoms with van der Waals surface area (Å²) in [6.45, 7) is 2.38. The molecule has 2 rings (SSSR count). The topological polar surface area (TPSA) is 96.9 Å². The van der Waals surface area contributed by atoms with Crippen LogP contribution < -0.4 is 15.8 Å². The largest absolute Gasteiger partial charge is 0.493 e. The van der Waals surface area contributed by atoms with Gasteiger partial charge in [-0.2, -0.15) is 0 Å². The van der Waals surface area contributed by atoms with Crippen molar-refractivity contribution in [2.75, 3.05) is 6.61 Å². The molecule has 1 amide bonds. The van der Waals surface area contributed by atoms with Crippen molar-refractivity contribution in [2.24, 2.45) is 16.8 Å². The Hall–Kier alpha value is -2.24. The maximum atomic E-state index is 12.2. The van der Waals surface area contributed by atoms with Gasteiger partial charge in [0.1, 0.15) is 5.75 Å². The molecule has 1 aliphatic rings. The zero-order chi connectivity index (χ0) is 14.5. The van der Waals surface area contributed by atoms with E-state index in [1.54, 1.807) is 0 Å². The normalized spacial score (nSPS) is 19.6. The summed E-state index contributed by atoms with van der Waals surface area (Å²) in [5.74, 6) is -0.120. The predicted octanol–water partition coefficient (Wildman–Crippen LogP) is 1.40. The molecule has 1 heterocycles. The lowest BCUT2D eigenvalue weighted by atomic mass is 9.98. The second-order valence-electron chi connectivity index (χ2n) is 4.72. The van der Waals surface area contributed by atoms with E-state index in [1.165, 1.54) is 0 Å². The lowest BCUT2D eigenvalue weighted by molar-refractivity contribution is -0.124. The molecule has 20 heavy (non-hydrogen) atoms. The highest BCUT2D eigenvalue weighted by atomic mass is 16.5. The van der Waals surface area contributed by atoms with Gasteiger partial charge in [0.15, 0.2) is 5.84 Å². The minimum absolute atomic E-state index is 0.0645. The summed E-state index contributed by atoms with van der Waals surface area (Å²) in [7, 11) is 0.